The molecule has 0 spiro atoms. The van der Waals surface area contributed by atoms with E-state index in [2.05, 4.69) is 26.6 Å². The first-order valence-electron chi connectivity index (χ1n) is 7.10. The van der Waals surface area contributed by atoms with Crippen LogP contribution in [0, 0.1) is 0 Å². The number of esters is 1. The zero-order valence-corrected chi connectivity index (χ0v) is 14.4. The van der Waals surface area contributed by atoms with Gasteiger partial charge >= 0.3 is 12.0 Å². The van der Waals surface area contributed by atoms with E-state index in [1.54, 1.807) is 54.6 Å². The molecule has 0 fully saturated rings. The minimum absolute atomic E-state index is 0.297. The molecule has 6 nitrogen and oxygen atoms in total. The maximum Gasteiger partial charge on any atom is 0.340 e. The second-order valence-electron chi connectivity index (χ2n) is 4.84. The number of anilines is 1. The summed E-state index contributed by atoms with van der Waals surface area (Å²) in [5.74, 6) is -1.38. The molecule has 0 aliphatic carbocycles. The minimum atomic E-state index is -1.12. The Bertz CT molecular complexity index is 749. The molecule has 2 N–H and O–H groups in total. The first kappa shape index (κ1) is 17.7. The molecule has 0 radical (unpaired) electrons. The zero-order valence-electron chi connectivity index (χ0n) is 12.8. The van der Waals surface area contributed by atoms with Gasteiger partial charge in [0.15, 0.2) is 6.10 Å². The van der Waals surface area contributed by atoms with Crippen molar-refractivity contribution in [1.82, 2.24) is 5.32 Å². The summed E-state index contributed by atoms with van der Waals surface area (Å²) in [6, 6.07) is 14.7. The van der Waals surface area contributed by atoms with Crippen LogP contribution in [0.1, 0.15) is 17.3 Å². The lowest BCUT2D eigenvalue weighted by Gasteiger charge is -2.14. The quantitative estimate of drug-likeness (QED) is 0.783. The van der Waals surface area contributed by atoms with Crippen molar-refractivity contribution in [1.29, 1.82) is 0 Å². The molecule has 1 atom stereocenters. The third-order valence-electron chi connectivity index (χ3n) is 3.02. The van der Waals surface area contributed by atoms with Crippen LogP contribution in [0.5, 0.6) is 0 Å². The number of hydrogen-bond donors (Lipinski definition) is 2. The molecule has 0 heterocycles. The number of urea groups is 1. The smallest absolute Gasteiger partial charge is 0.340 e. The molecule has 2 rings (SSSR count). The average molecular weight is 391 g/mol. The Morgan fingerprint density at radius 1 is 1.00 bits per heavy atom. The van der Waals surface area contributed by atoms with Gasteiger partial charge in [0.1, 0.15) is 0 Å². The van der Waals surface area contributed by atoms with Gasteiger partial charge in [0.2, 0.25) is 0 Å². The van der Waals surface area contributed by atoms with Gasteiger partial charge in [0.05, 0.1) is 5.56 Å². The molecular formula is C17H15BrN2O4. The summed E-state index contributed by atoms with van der Waals surface area (Å²) in [4.78, 5) is 35.7. The normalized spacial score (nSPS) is 11.2. The number of rotatable bonds is 4. The number of halogens is 1. The van der Waals surface area contributed by atoms with Crippen LogP contribution in [0.2, 0.25) is 0 Å². The van der Waals surface area contributed by atoms with Crippen molar-refractivity contribution in [3.63, 3.8) is 0 Å². The highest BCUT2D eigenvalue weighted by atomic mass is 79.9. The Morgan fingerprint density at radius 3 is 2.29 bits per heavy atom. The second kappa shape index (κ2) is 8.26. The van der Waals surface area contributed by atoms with E-state index in [4.69, 9.17) is 4.74 Å². The lowest BCUT2D eigenvalue weighted by atomic mass is 10.2. The lowest BCUT2D eigenvalue weighted by molar-refractivity contribution is -0.127. The van der Waals surface area contributed by atoms with E-state index in [9.17, 15) is 14.4 Å². The maximum atomic E-state index is 12.0. The Balaban J connectivity index is 1.89. The molecule has 0 saturated carbocycles. The van der Waals surface area contributed by atoms with Crippen LogP contribution >= 0.6 is 15.9 Å². The Morgan fingerprint density at radius 2 is 1.62 bits per heavy atom. The first-order chi connectivity index (χ1) is 11.5. The molecule has 0 aromatic heterocycles. The molecule has 2 aromatic rings. The second-order valence-corrected chi connectivity index (χ2v) is 5.69. The van der Waals surface area contributed by atoms with Crippen LogP contribution < -0.4 is 10.6 Å². The van der Waals surface area contributed by atoms with Gasteiger partial charge in [-0.3, -0.25) is 10.1 Å². The molecule has 24 heavy (non-hydrogen) atoms. The zero-order chi connectivity index (χ0) is 17.5. The van der Waals surface area contributed by atoms with Crippen LogP contribution in [0.4, 0.5) is 10.5 Å². The SMILES string of the molecule is CC(OC(=O)c1ccccc1Br)C(=O)NC(=O)Nc1ccccc1. The van der Waals surface area contributed by atoms with Crippen LogP contribution in [-0.2, 0) is 9.53 Å². The van der Waals surface area contributed by atoms with Gasteiger partial charge in [0.25, 0.3) is 5.91 Å². The van der Waals surface area contributed by atoms with Gasteiger partial charge in [-0.15, -0.1) is 0 Å². The number of carbonyl (C=O) groups is 3. The monoisotopic (exact) mass is 390 g/mol. The van der Waals surface area contributed by atoms with Crippen molar-refractivity contribution in [3.05, 3.63) is 64.6 Å². The Kier molecular flexibility index (Phi) is 6.08. The molecule has 0 aliphatic rings. The Hall–Kier alpha value is -2.67. The van der Waals surface area contributed by atoms with E-state index in [-0.39, 0.29) is 0 Å². The van der Waals surface area contributed by atoms with E-state index in [1.165, 1.54) is 6.92 Å². The molecule has 0 saturated heterocycles. The lowest BCUT2D eigenvalue weighted by Crippen LogP contribution is -2.41. The van der Waals surface area contributed by atoms with Crippen LogP contribution in [0.15, 0.2) is 59.1 Å². The van der Waals surface area contributed by atoms with Crippen molar-refractivity contribution >= 4 is 39.5 Å². The third kappa shape index (κ3) is 4.92. The highest BCUT2D eigenvalue weighted by Gasteiger charge is 2.21. The van der Waals surface area contributed by atoms with Crippen molar-refractivity contribution in [2.75, 3.05) is 5.32 Å². The van der Waals surface area contributed by atoms with Gasteiger partial charge in [-0.1, -0.05) is 30.3 Å². The number of hydrogen-bond acceptors (Lipinski definition) is 4. The number of nitrogens with one attached hydrogen (secondary N) is 2. The van der Waals surface area contributed by atoms with E-state index in [0.29, 0.717) is 15.7 Å². The number of para-hydroxylation sites is 1. The summed E-state index contributed by atoms with van der Waals surface area (Å²) in [5.41, 5.74) is 0.839. The highest BCUT2D eigenvalue weighted by Crippen LogP contribution is 2.17. The molecule has 7 heteroatoms. The van der Waals surface area contributed by atoms with Crippen molar-refractivity contribution in [2.24, 2.45) is 0 Å². The maximum absolute atomic E-state index is 12.0. The molecule has 0 aliphatic heterocycles. The summed E-state index contributed by atoms with van der Waals surface area (Å²) >= 11 is 3.24. The molecule has 3 amide bonds. The largest absolute Gasteiger partial charge is 0.449 e. The predicted molar refractivity (Wildman–Crippen MR) is 92.6 cm³/mol. The van der Waals surface area contributed by atoms with E-state index in [0.717, 1.165) is 0 Å². The Labute approximate surface area is 147 Å². The molecule has 124 valence electrons. The van der Waals surface area contributed by atoms with Crippen molar-refractivity contribution in [2.45, 2.75) is 13.0 Å². The number of amides is 3. The van der Waals surface area contributed by atoms with E-state index >= 15 is 0 Å². The number of imide groups is 1. The van der Waals surface area contributed by atoms with Crippen LogP contribution in [0.25, 0.3) is 0 Å². The topological polar surface area (TPSA) is 84.5 Å². The third-order valence-corrected chi connectivity index (χ3v) is 3.71. The van der Waals surface area contributed by atoms with Gasteiger partial charge in [-0.2, -0.15) is 0 Å². The predicted octanol–water partition coefficient (Wildman–Crippen LogP) is 3.34. The van der Waals surface area contributed by atoms with E-state index in [1.807, 2.05) is 0 Å². The van der Waals surface area contributed by atoms with Crippen LogP contribution in [-0.4, -0.2) is 24.0 Å². The number of ether oxygens (including phenoxy) is 1. The number of benzene rings is 2. The molecule has 2 aromatic carbocycles. The fourth-order valence-corrected chi connectivity index (χ4v) is 2.25. The average Bonchev–Trinajstić information content (AvgIpc) is 2.55. The van der Waals surface area contributed by atoms with Crippen LogP contribution in [0.3, 0.4) is 0 Å². The number of carbonyl (C=O) groups excluding carboxylic acids is 3. The standard InChI is InChI=1S/C17H15BrN2O4/c1-11(24-16(22)13-9-5-6-10-14(13)18)15(21)20-17(23)19-12-7-3-2-4-8-12/h2-11H,1H3,(H2,19,20,21,23). The molecular weight excluding hydrogens is 376 g/mol. The van der Waals surface area contributed by atoms with Gasteiger partial charge in [-0.05, 0) is 47.1 Å². The fraction of sp³-hybridized carbons (Fsp3) is 0.118. The van der Waals surface area contributed by atoms with Gasteiger partial charge in [-0.25, -0.2) is 9.59 Å². The van der Waals surface area contributed by atoms with Gasteiger partial charge < -0.3 is 10.1 Å². The summed E-state index contributed by atoms with van der Waals surface area (Å²) in [5, 5.41) is 4.62. The first-order valence-corrected chi connectivity index (χ1v) is 7.89. The van der Waals surface area contributed by atoms with E-state index < -0.39 is 24.0 Å². The minimum Gasteiger partial charge on any atom is -0.449 e. The fourth-order valence-electron chi connectivity index (χ4n) is 1.80. The van der Waals surface area contributed by atoms with Gasteiger partial charge in [0, 0.05) is 10.2 Å². The summed E-state index contributed by atoms with van der Waals surface area (Å²) in [6.07, 6.45) is -1.12. The van der Waals surface area contributed by atoms with Crippen molar-refractivity contribution < 1.29 is 19.1 Å². The molecule has 1 unspecified atom stereocenters. The highest BCUT2D eigenvalue weighted by molar-refractivity contribution is 9.10. The molecule has 0 bridgehead atoms. The summed E-state index contributed by atoms with van der Waals surface area (Å²) in [7, 11) is 0. The summed E-state index contributed by atoms with van der Waals surface area (Å²) < 4.78 is 5.63. The van der Waals surface area contributed by atoms with Crippen molar-refractivity contribution in [3.8, 4) is 0 Å². The summed E-state index contributed by atoms with van der Waals surface area (Å²) in [6.45, 7) is 1.39.